The lowest BCUT2D eigenvalue weighted by Crippen LogP contribution is -2.12. The first-order valence-electron chi connectivity index (χ1n) is 6.16. The third-order valence-corrected chi connectivity index (χ3v) is 2.73. The van der Waals surface area contributed by atoms with Gasteiger partial charge in [-0.2, -0.15) is 0 Å². The van der Waals surface area contributed by atoms with Crippen molar-refractivity contribution >= 4 is 0 Å². The zero-order chi connectivity index (χ0) is 13.5. The maximum absolute atomic E-state index is 9.20. The fourth-order valence-corrected chi connectivity index (χ4v) is 1.82. The van der Waals surface area contributed by atoms with Crippen LogP contribution < -0.4 is 4.74 Å². The number of hydrogen-bond donors (Lipinski definition) is 2. The van der Waals surface area contributed by atoms with Gasteiger partial charge in [-0.25, -0.2) is 4.68 Å². The van der Waals surface area contributed by atoms with Crippen molar-refractivity contribution in [3.8, 4) is 5.75 Å². The number of benzene rings is 1. The fourth-order valence-electron chi connectivity index (χ4n) is 1.82. The van der Waals surface area contributed by atoms with Crippen LogP contribution in [-0.2, 0) is 19.6 Å². The highest BCUT2D eigenvalue weighted by Crippen LogP contribution is 2.11. The van der Waals surface area contributed by atoms with Gasteiger partial charge in [0, 0.05) is 6.42 Å². The highest BCUT2D eigenvalue weighted by molar-refractivity contribution is 5.21. The van der Waals surface area contributed by atoms with Crippen LogP contribution in [-0.4, -0.2) is 38.4 Å². The SMILES string of the molecule is OCCn1nnc(CO)c1CCOc1ccccc1. The van der Waals surface area contributed by atoms with Gasteiger partial charge < -0.3 is 14.9 Å². The molecule has 0 bridgehead atoms. The largest absolute Gasteiger partial charge is 0.493 e. The Morgan fingerprint density at radius 3 is 2.63 bits per heavy atom. The quantitative estimate of drug-likeness (QED) is 0.755. The minimum Gasteiger partial charge on any atom is -0.493 e. The second-order valence-corrected chi connectivity index (χ2v) is 4.00. The van der Waals surface area contributed by atoms with Crippen molar-refractivity contribution in [2.24, 2.45) is 0 Å². The maximum Gasteiger partial charge on any atom is 0.119 e. The number of rotatable bonds is 7. The topological polar surface area (TPSA) is 80.4 Å². The van der Waals surface area contributed by atoms with Gasteiger partial charge in [-0.1, -0.05) is 23.4 Å². The summed E-state index contributed by atoms with van der Waals surface area (Å²) in [5, 5.41) is 25.9. The molecule has 6 heteroatoms. The monoisotopic (exact) mass is 263 g/mol. The number of nitrogens with zero attached hydrogens (tertiary/aromatic N) is 3. The number of para-hydroxylation sites is 1. The normalized spacial score (nSPS) is 10.6. The summed E-state index contributed by atoms with van der Waals surface area (Å²) >= 11 is 0. The molecule has 2 rings (SSSR count). The van der Waals surface area contributed by atoms with Gasteiger partial charge >= 0.3 is 0 Å². The van der Waals surface area contributed by atoms with Crippen LogP contribution in [0.25, 0.3) is 0 Å². The predicted molar refractivity (Wildman–Crippen MR) is 68.7 cm³/mol. The average Bonchev–Trinajstić information content (AvgIpc) is 2.83. The Labute approximate surface area is 111 Å². The Morgan fingerprint density at radius 1 is 1.16 bits per heavy atom. The first-order chi connectivity index (χ1) is 9.35. The van der Waals surface area contributed by atoms with E-state index in [4.69, 9.17) is 9.84 Å². The van der Waals surface area contributed by atoms with Gasteiger partial charge in [0.25, 0.3) is 0 Å². The van der Waals surface area contributed by atoms with Gasteiger partial charge in [-0.15, -0.1) is 5.10 Å². The van der Waals surface area contributed by atoms with Gasteiger partial charge in [0.2, 0.25) is 0 Å². The number of aliphatic hydroxyl groups is 2. The molecule has 1 heterocycles. The van der Waals surface area contributed by atoms with Crippen LogP contribution in [0.4, 0.5) is 0 Å². The summed E-state index contributed by atoms with van der Waals surface area (Å²) < 4.78 is 7.20. The summed E-state index contributed by atoms with van der Waals surface area (Å²) in [5.74, 6) is 0.800. The van der Waals surface area contributed by atoms with E-state index in [1.165, 1.54) is 0 Å². The van der Waals surface area contributed by atoms with E-state index < -0.39 is 0 Å². The highest BCUT2D eigenvalue weighted by Gasteiger charge is 2.11. The smallest absolute Gasteiger partial charge is 0.119 e. The summed E-state index contributed by atoms with van der Waals surface area (Å²) in [5.41, 5.74) is 1.33. The van der Waals surface area contributed by atoms with E-state index in [2.05, 4.69) is 10.3 Å². The van der Waals surface area contributed by atoms with E-state index >= 15 is 0 Å². The van der Waals surface area contributed by atoms with Crippen molar-refractivity contribution in [2.75, 3.05) is 13.2 Å². The number of aliphatic hydroxyl groups excluding tert-OH is 2. The highest BCUT2D eigenvalue weighted by atomic mass is 16.5. The molecule has 0 radical (unpaired) electrons. The van der Waals surface area contributed by atoms with Crippen LogP contribution >= 0.6 is 0 Å². The van der Waals surface area contributed by atoms with Crippen LogP contribution in [0.3, 0.4) is 0 Å². The molecule has 0 saturated heterocycles. The first kappa shape index (κ1) is 13.5. The molecule has 0 aliphatic heterocycles. The Kier molecular flexibility index (Phi) is 4.88. The van der Waals surface area contributed by atoms with E-state index in [1.807, 2.05) is 30.3 Å². The van der Waals surface area contributed by atoms with Gasteiger partial charge in [0.1, 0.15) is 11.4 Å². The molecule has 0 saturated carbocycles. The molecule has 1 aromatic heterocycles. The van der Waals surface area contributed by atoms with Crippen molar-refractivity contribution in [2.45, 2.75) is 19.6 Å². The lowest BCUT2D eigenvalue weighted by Gasteiger charge is -2.08. The molecule has 0 unspecified atom stereocenters. The minimum absolute atomic E-state index is 0.0131. The summed E-state index contributed by atoms with van der Waals surface area (Å²) in [6.45, 7) is 0.663. The predicted octanol–water partition coefficient (Wildman–Crippen LogP) is 0.384. The van der Waals surface area contributed by atoms with Crippen LogP contribution in [0.5, 0.6) is 5.75 Å². The summed E-state index contributed by atoms with van der Waals surface area (Å²) in [7, 11) is 0. The first-order valence-corrected chi connectivity index (χ1v) is 6.16. The van der Waals surface area contributed by atoms with Crippen LogP contribution in [0, 0.1) is 0 Å². The molecular formula is C13H17N3O3. The second-order valence-electron chi connectivity index (χ2n) is 4.00. The fraction of sp³-hybridized carbons (Fsp3) is 0.385. The molecule has 19 heavy (non-hydrogen) atoms. The van der Waals surface area contributed by atoms with Crippen molar-refractivity contribution in [1.29, 1.82) is 0 Å². The summed E-state index contributed by atoms with van der Waals surface area (Å²) in [4.78, 5) is 0. The Bertz CT molecular complexity index is 499. The molecule has 0 aliphatic rings. The van der Waals surface area contributed by atoms with E-state index in [9.17, 15) is 5.11 Å². The lowest BCUT2D eigenvalue weighted by molar-refractivity contribution is 0.260. The molecule has 2 aromatic rings. The molecule has 1 aromatic carbocycles. The zero-order valence-corrected chi connectivity index (χ0v) is 10.6. The molecule has 0 spiro atoms. The maximum atomic E-state index is 9.20. The minimum atomic E-state index is -0.161. The average molecular weight is 263 g/mol. The van der Waals surface area contributed by atoms with E-state index in [0.29, 0.717) is 25.3 Å². The molecular weight excluding hydrogens is 246 g/mol. The van der Waals surface area contributed by atoms with Crippen molar-refractivity contribution in [3.63, 3.8) is 0 Å². The lowest BCUT2D eigenvalue weighted by atomic mass is 10.2. The van der Waals surface area contributed by atoms with Crippen LogP contribution in [0.2, 0.25) is 0 Å². The van der Waals surface area contributed by atoms with Crippen LogP contribution in [0.15, 0.2) is 30.3 Å². The van der Waals surface area contributed by atoms with Crippen LogP contribution in [0.1, 0.15) is 11.4 Å². The van der Waals surface area contributed by atoms with Crippen molar-refractivity contribution < 1.29 is 14.9 Å². The summed E-state index contributed by atoms with van der Waals surface area (Å²) in [6, 6.07) is 9.52. The zero-order valence-electron chi connectivity index (χ0n) is 10.6. The van der Waals surface area contributed by atoms with E-state index in [-0.39, 0.29) is 13.2 Å². The number of ether oxygens (including phenoxy) is 1. The van der Waals surface area contributed by atoms with E-state index in [1.54, 1.807) is 4.68 Å². The molecule has 102 valence electrons. The van der Waals surface area contributed by atoms with Gasteiger partial charge in [-0.05, 0) is 12.1 Å². The molecule has 2 N–H and O–H groups in total. The Morgan fingerprint density at radius 2 is 1.95 bits per heavy atom. The van der Waals surface area contributed by atoms with E-state index in [0.717, 1.165) is 11.4 Å². The Hall–Kier alpha value is -1.92. The molecule has 6 nitrogen and oxygen atoms in total. The van der Waals surface area contributed by atoms with Gasteiger partial charge in [-0.3, -0.25) is 0 Å². The standard InChI is InChI=1S/C13H17N3O3/c17-8-7-16-13(12(10-18)14-15-16)6-9-19-11-4-2-1-3-5-11/h1-5,17-18H,6-10H2. The van der Waals surface area contributed by atoms with Gasteiger partial charge in [0.15, 0.2) is 0 Å². The molecule has 0 aliphatic carbocycles. The Balaban J connectivity index is 1.96. The second kappa shape index (κ2) is 6.86. The summed E-state index contributed by atoms with van der Waals surface area (Å²) in [6.07, 6.45) is 0.581. The van der Waals surface area contributed by atoms with Gasteiger partial charge in [0.05, 0.1) is 32.1 Å². The molecule has 0 fully saturated rings. The molecule has 0 amide bonds. The third kappa shape index (κ3) is 3.52. The number of hydrogen-bond acceptors (Lipinski definition) is 5. The van der Waals surface area contributed by atoms with Crippen molar-refractivity contribution in [3.05, 3.63) is 41.7 Å². The number of aromatic nitrogens is 3. The molecule has 0 atom stereocenters. The van der Waals surface area contributed by atoms with Crippen molar-refractivity contribution in [1.82, 2.24) is 15.0 Å². The third-order valence-electron chi connectivity index (χ3n) is 2.73.